The smallest absolute Gasteiger partial charge is 0.272 e. The van der Waals surface area contributed by atoms with Crippen LogP contribution in [0.2, 0.25) is 0 Å². The Morgan fingerprint density at radius 2 is 2.05 bits per heavy atom. The van der Waals surface area contributed by atoms with Gasteiger partial charge < -0.3 is 5.73 Å². The number of aromatic nitrogens is 2. The molecule has 0 saturated carbocycles. The summed E-state index contributed by atoms with van der Waals surface area (Å²) in [6.07, 6.45) is 1.56. The lowest BCUT2D eigenvalue weighted by Crippen LogP contribution is -2.29. The highest BCUT2D eigenvalue weighted by atomic mass is 32.2. The molecule has 1 aliphatic rings. The van der Waals surface area contributed by atoms with E-state index < -0.39 is 5.91 Å². The van der Waals surface area contributed by atoms with Gasteiger partial charge in [0.25, 0.3) is 5.91 Å². The van der Waals surface area contributed by atoms with Crippen LogP contribution in [0.25, 0.3) is 6.08 Å². The Kier molecular flexibility index (Phi) is 3.18. The van der Waals surface area contributed by atoms with Gasteiger partial charge in [0.05, 0.1) is 4.91 Å². The standard InChI is InChI=1S/C12H8FN5O2S/c13-7-3-1-6(2-4-7)5-8-11(19)18(12(15)21-8)10-9(14)16-20-17-10/h1-5,15H,(H2,14,16)/b8-5-,15-12?. The largest absolute Gasteiger partial charge is 0.378 e. The van der Waals surface area contributed by atoms with Gasteiger partial charge in [-0.15, -0.1) is 0 Å². The summed E-state index contributed by atoms with van der Waals surface area (Å²) in [7, 11) is 0. The molecule has 3 N–H and O–H groups in total. The number of rotatable bonds is 2. The Morgan fingerprint density at radius 1 is 1.33 bits per heavy atom. The van der Waals surface area contributed by atoms with Crippen molar-refractivity contribution >= 4 is 40.5 Å². The molecule has 3 rings (SSSR count). The van der Waals surface area contributed by atoms with Crippen LogP contribution in [0.5, 0.6) is 0 Å². The zero-order valence-corrected chi connectivity index (χ0v) is 11.2. The van der Waals surface area contributed by atoms with Crippen LogP contribution >= 0.6 is 11.8 Å². The lowest BCUT2D eigenvalue weighted by atomic mass is 10.2. The summed E-state index contributed by atoms with van der Waals surface area (Å²) in [6, 6.07) is 5.65. The quantitative estimate of drug-likeness (QED) is 0.819. The molecule has 1 aliphatic heterocycles. The number of amides is 1. The molecule has 1 amide bonds. The van der Waals surface area contributed by atoms with Gasteiger partial charge in [-0.2, -0.15) is 0 Å². The SMILES string of the molecule is N=C1S/C(=C\c2ccc(F)cc2)C(=O)N1c1nonc1N. The maximum atomic E-state index is 12.9. The fraction of sp³-hybridized carbons (Fsp3) is 0. The van der Waals surface area contributed by atoms with Crippen molar-refractivity contribution in [1.82, 2.24) is 10.3 Å². The number of nitrogens with zero attached hydrogens (tertiary/aromatic N) is 3. The van der Waals surface area contributed by atoms with Gasteiger partial charge >= 0.3 is 0 Å². The third kappa shape index (κ3) is 2.38. The Balaban J connectivity index is 1.93. The van der Waals surface area contributed by atoms with E-state index in [0.717, 1.165) is 16.7 Å². The zero-order chi connectivity index (χ0) is 15.0. The van der Waals surface area contributed by atoms with E-state index in [-0.39, 0.29) is 22.6 Å². The second kappa shape index (κ2) is 5.02. The molecule has 0 unspecified atom stereocenters. The van der Waals surface area contributed by atoms with Crippen molar-refractivity contribution in [2.75, 3.05) is 10.6 Å². The van der Waals surface area contributed by atoms with E-state index in [1.807, 2.05) is 0 Å². The number of anilines is 2. The van der Waals surface area contributed by atoms with E-state index in [1.54, 1.807) is 6.08 Å². The molecule has 0 bridgehead atoms. The first-order valence-electron chi connectivity index (χ1n) is 5.72. The number of nitrogens with two attached hydrogens (primary N) is 1. The lowest BCUT2D eigenvalue weighted by molar-refractivity contribution is -0.113. The molecule has 9 heteroatoms. The normalized spacial score (nSPS) is 17.0. The molecular weight excluding hydrogens is 297 g/mol. The predicted octanol–water partition coefficient (Wildman–Crippen LogP) is 1.85. The highest BCUT2D eigenvalue weighted by Gasteiger charge is 2.37. The van der Waals surface area contributed by atoms with Crippen LogP contribution in [-0.4, -0.2) is 21.4 Å². The monoisotopic (exact) mass is 305 g/mol. The highest BCUT2D eigenvalue weighted by molar-refractivity contribution is 8.19. The van der Waals surface area contributed by atoms with E-state index >= 15 is 0 Å². The number of halogens is 1. The molecule has 1 saturated heterocycles. The number of thioether (sulfide) groups is 1. The van der Waals surface area contributed by atoms with Crippen molar-refractivity contribution in [3.8, 4) is 0 Å². The molecule has 1 fully saturated rings. The first-order valence-corrected chi connectivity index (χ1v) is 6.54. The van der Waals surface area contributed by atoms with Crippen LogP contribution in [0.15, 0.2) is 33.8 Å². The second-order valence-electron chi connectivity index (χ2n) is 4.08. The number of carbonyl (C=O) groups excluding carboxylic acids is 1. The van der Waals surface area contributed by atoms with Crippen molar-refractivity contribution in [1.29, 1.82) is 5.41 Å². The summed E-state index contributed by atoms with van der Waals surface area (Å²) in [5, 5.41) is 14.7. The number of nitrogen functional groups attached to an aromatic ring is 1. The van der Waals surface area contributed by atoms with E-state index in [4.69, 9.17) is 11.1 Å². The average Bonchev–Trinajstić information content (AvgIpc) is 2.97. The number of benzene rings is 1. The van der Waals surface area contributed by atoms with Gasteiger partial charge in [-0.3, -0.25) is 10.2 Å². The number of carbonyl (C=O) groups is 1. The molecule has 7 nitrogen and oxygen atoms in total. The molecular formula is C12H8FN5O2S. The van der Waals surface area contributed by atoms with E-state index in [2.05, 4.69) is 14.9 Å². The first-order chi connectivity index (χ1) is 10.1. The molecule has 0 radical (unpaired) electrons. The Morgan fingerprint density at radius 3 is 2.67 bits per heavy atom. The van der Waals surface area contributed by atoms with Crippen LogP contribution < -0.4 is 10.6 Å². The molecule has 21 heavy (non-hydrogen) atoms. The summed E-state index contributed by atoms with van der Waals surface area (Å²) in [4.78, 5) is 13.6. The summed E-state index contributed by atoms with van der Waals surface area (Å²) in [5.41, 5.74) is 6.18. The molecule has 2 heterocycles. The maximum Gasteiger partial charge on any atom is 0.272 e. The van der Waals surface area contributed by atoms with E-state index in [0.29, 0.717) is 10.5 Å². The van der Waals surface area contributed by atoms with E-state index in [1.165, 1.54) is 24.3 Å². The Labute approximate surface area is 122 Å². The van der Waals surface area contributed by atoms with Crippen molar-refractivity contribution in [2.24, 2.45) is 0 Å². The van der Waals surface area contributed by atoms with Gasteiger partial charge in [-0.1, -0.05) is 12.1 Å². The Bertz CT molecular complexity index is 755. The topological polar surface area (TPSA) is 109 Å². The number of hydrogen-bond acceptors (Lipinski definition) is 7. The van der Waals surface area contributed by atoms with Gasteiger partial charge in [0.2, 0.25) is 11.6 Å². The van der Waals surface area contributed by atoms with Crippen LogP contribution in [0.4, 0.5) is 16.0 Å². The van der Waals surface area contributed by atoms with Crippen LogP contribution in [0, 0.1) is 11.2 Å². The number of hydrogen-bond donors (Lipinski definition) is 2. The third-order valence-corrected chi connectivity index (χ3v) is 3.59. The summed E-state index contributed by atoms with van der Waals surface area (Å²) < 4.78 is 17.3. The minimum Gasteiger partial charge on any atom is -0.378 e. The molecule has 0 spiro atoms. The third-order valence-electron chi connectivity index (χ3n) is 2.70. The summed E-state index contributed by atoms with van der Waals surface area (Å²) in [5.74, 6) is -0.910. The fourth-order valence-corrected chi connectivity index (χ4v) is 2.58. The minimum absolute atomic E-state index is 0.0139. The first kappa shape index (κ1) is 13.3. The number of nitrogens with one attached hydrogen (secondary N) is 1. The second-order valence-corrected chi connectivity index (χ2v) is 5.11. The van der Waals surface area contributed by atoms with E-state index in [9.17, 15) is 9.18 Å². The fourth-order valence-electron chi connectivity index (χ4n) is 1.74. The van der Waals surface area contributed by atoms with Crippen LogP contribution in [-0.2, 0) is 4.79 Å². The molecule has 0 aliphatic carbocycles. The van der Waals surface area contributed by atoms with Crippen LogP contribution in [0.1, 0.15) is 5.56 Å². The van der Waals surface area contributed by atoms with Crippen molar-refractivity contribution < 1.29 is 13.8 Å². The van der Waals surface area contributed by atoms with Crippen LogP contribution in [0.3, 0.4) is 0 Å². The molecule has 1 aromatic heterocycles. The average molecular weight is 305 g/mol. The summed E-state index contributed by atoms with van der Waals surface area (Å²) in [6.45, 7) is 0. The number of amidine groups is 1. The molecule has 1 aromatic carbocycles. The molecule has 106 valence electrons. The van der Waals surface area contributed by atoms with Gasteiger partial charge in [0, 0.05) is 0 Å². The zero-order valence-electron chi connectivity index (χ0n) is 10.4. The Hall–Kier alpha value is -2.68. The summed E-state index contributed by atoms with van der Waals surface area (Å²) >= 11 is 0.950. The van der Waals surface area contributed by atoms with Crippen molar-refractivity contribution in [2.45, 2.75) is 0 Å². The van der Waals surface area contributed by atoms with Gasteiger partial charge in [-0.25, -0.2) is 13.9 Å². The van der Waals surface area contributed by atoms with Gasteiger partial charge in [0.1, 0.15) is 5.82 Å². The maximum absolute atomic E-state index is 12.9. The minimum atomic E-state index is -0.461. The van der Waals surface area contributed by atoms with Crippen molar-refractivity contribution in [3.63, 3.8) is 0 Å². The highest BCUT2D eigenvalue weighted by Crippen LogP contribution is 2.35. The molecule has 0 atom stereocenters. The van der Waals surface area contributed by atoms with Gasteiger partial charge in [0.15, 0.2) is 5.17 Å². The molecule has 2 aromatic rings. The van der Waals surface area contributed by atoms with Gasteiger partial charge in [-0.05, 0) is 45.8 Å². The lowest BCUT2D eigenvalue weighted by Gasteiger charge is -2.09. The van der Waals surface area contributed by atoms with Crippen molar-refractivity contribution in [3.05, 3.63) is 40.6 Å². The predicted molar refractivity (Wildman–Crippen MR) is 75.9 cm³/mol.